The molecular weight excluding hydrogens is 344 g/mol. The Morgan fingerprint density at radius 3 is 2.46 bits per heavy atom. The molecule has 0 spiro atoms. The number of carboxylic acid groups (broad SMARTS) is 1. The number of carboxylic acids is 1. The lowest BCUT2D eigenvalue weighted by Crippen LogP contribution is -2.40. The van der Waals surface area contributed by atoms with Crippen LogP contribution in [0.2, 0.25) is 0 Å². The summed E-state index contributed by atoms with van der Waals surface area (Å²) in [5, 5.41) is 32.8. The topological polar surface area (TPSA) is 139 Å². The zero-order valence-electron chi connectivity index (χ0n) is 15.0. The fourth-order valence-corrected chi connectivity index (χ4v) is 2.37. The summed E-state index contributed by atoms with van der Waals surface area (Å²) in [7, 11) is 0. The third kappa shape index (κ3) is 6.32. The number of aliphatic hydroxyl groups is 1. The maximum absolute atomic E-state index is 12.0. The van der Waals surface area contributed by atoms with Gasteiger partial charge in [0.15, 0.2) is 0 Å². The third-order valence-electron chi connectivity index (χ3n) is 3.66. The molecule has 0 saturated carbocycles. The minimum atomic E-state index is -1.40. The first-order valence-corrected chi connectivity index (χ1v) is 8.11. The van der Waals surface area contributed by atoms with Crippen molar-refractivity contribution in [3.05, 3.63) is 39.9 Å². The smallest absolute Gasteiger partial charge is 0.407 e. The number of aliphatic hydroxyl groups excluding tert-OH is 1. The fourth-order valence-electron chi connectivity index (χ4n) is 2.37. The maximum Gasteiger partial charge on any atom is 0.407 e. The van der Waals surface area contributed by atoms with E-state index in [1.807, 2.05) is 0 Å². The van der Waals surface area contributed by atoms with Crippen LogP contribution in [0.3, 0.4) is 0 Å². The average molecular weight is 368 g/mol. The molecule has 1 aromatic carbocycles. The fraction of sp³-hybridized carbons (Fsp3) is 0.529. The number of nitrogens with zero attached hydrogens (tertiary/aromatic N) is 1. The molecule has 1 rings (SSSR count). The number of carbonyl (C=O) groups is 2. The monoisotopic (exact) mass is 368 g/mol. The van der Waals surface area contributed by atoms with Crippen LogP contribution < -0.4 is 5.32 Å². The molecule has 2 atom stereocenters. The van der Waals surface area contributed by atoms with Crippen molar-refractivity contribution < 1.29 is 29.5 Å². The molecule has 0 bridgehead atoms. The summed E-state index contributed by atoms with van der Waals surface area (Å²) in [4.78, 5) is 33.0. The Morgan fingerprint density at radius 2 is 1.92 bits per heavy atom. The van der Waals surface area contributed by atoms with Crippen molar-refractivity contribution in [1.29, 1.82) is 0 Å². The molecule has 9 nitrogen and oxygen atoms in total. The Labute approximate surface area is 151 Å². The SMILES string of the molecule is CC(C)(C)C(OC(=O)NCCCC(=O)O)C(O)c1ccccc1[N+](=O)[O-]. The standard InChI is InChI=1S/C17H24N2O7/c1-17(2,3)15(26-16(23)18-10-6-9-13(20)21)14(22)11-7-4-5-8-12(11)19(24)25/h4-5,7-8,14-15,22H,6,9-10H2,1-3H3,(H,18,23)(H,20,21). The Morgan fingerprint density at radius 1 is 1.31 bits per heavy atom. The molecule has 0 heterocycles. The first-order chi connectivity index (χ1) is 12.0. The van der Waals surface area contributed by atoms with E-state index < -0.39 is 34.6 Å². The number of carbonyl (C=O) groups excluding carboxylic acids is 1. The van der Waals surface area contributed by atoms with Crippen molar-refractivity contribution >= 4 is 17.7 Å². The van der Waals surface area contributed by atoms with Crippen LogP contribution in [0.1, 0.15) is 45.3 Å². The third-order valence-corrected chi connectivity index (χ3v) is 3.66. The van der Waals surface area contributed by atoms with Gasteiger partial charge in [0, 0.05) is 24.4 Å². The van der Waals surface area contributed by atoms with Crippen molar-refractivity contribution in [3.63, 3.8) is 0 Å². The van der Waals surface area contributed by atoms with Gasteiger partial charge in [0.1, 0.15) is 12.2 Å². The van der Waals surface area contributed by atoms with Crippen LogP contribution in [0.5, 0.6) is 0 Å². The minimum absolute atomic E-state index is 0.0519. The van der Waals surface area contributed by atoms with Gasteiger partial charge < -0.3 is 20.3 Å². The quantitative estimate of drug-likeness (QED) is 0.364. The van der Waals surface area contributed by atoms with Crippen LogP contribution in [0, 0.1) is 15.5 Å². The van der Waals surface area contributed by atoms with Crippen LogP contribution >= 0.6 is 0 Å². The molecule has 0 aliphatic heterocycles. The second-order valence-electron chi connectivity index (χ2n) is 6.88. The lowest BCUT2D eigenvalue weighted by Gasteiger charge is -2.33. The van der Waals surface area contributed by atoms with Crippen LogP contribution in [0.4, 0.5) is 10.5 Å². The highest BCUT2D eigenvalue weighted by Gasteiger charge is 2.38. The van der Waals surface area contributed by atoms with Crippen molar-refractivity contribution in [2.75, 3.05) is 6.54 Å². The lowest BCUT2D eigenvalue weighted by molar-refractivity contribution is -0.386. The molecule has 1 amide bonds. The second kappa shape index (κ2) is 9.14. The van der Waals surface area contributed by atoms with E-state index in [4.69, 9.17) is 9.84 Å². The normalized spacial score (nSPS) is 13.5. The van der Waals surface area contributed by atoms with Gasteiger partial charge in [-0.3, -0.25) is 14.9 Å². The van der Waals surface area contributed by atoms with Gasteiger partial charge in [0.05, 0.1) is 10.5 Å². The van der Waals surface area contributed by atoms with Crippen LogP contribution in [0.25, 0.3) is 0 Å². The number of ether oxygens (including phenoxy) is 1. The molecule has 144 valence electrons. The lowest BCUT2D eigenvalue weighted by atomic mass is 9.83. The van der Waals surface area contributed by atoms with Gasteiger partial charge in [-0.05, 0) is 12.5 Å². The number of hydrogen-bond acceptors (Lipinski definition) is 6. The number of amides is 1. The van der Waals surface area contributed by atoms with Crippen molar-refractivity contribution in [1.82, 2.24) is 5.32 Å². The summed E-state index contributed by atoms with van der Waals surface area (Å²) >= 11 is 0. The average Bonchev–Trinajstić information content (AvgIpc) is 2.54. The van der Waals surface area contributed by atoms with E-state index in [2.05, 4.69) is 5.32 Å². The van der Waals surface area contributed by atoms with E-state index >= 15 is 0 Å². The van der Waals surface area contributed by atoms with Gasteiger partial charge in [-0.15, -0.1) is 0 Å². The Kier molecular flexibility index (Phi) is 7.51. The summed E-state index contributed by atoms with van der Waals surface area (Å²) in [5.41, 5.74) is -0.919. The van der Waals surface area contributed by atoms with E-state index in [-0.39, 0.29) is 30.6 Å². The van der Waals surface area contributed by atoms with E-state index in [1.165, 1.54) is 18.2 Å². The summed E-state index contributed by atoms with van der Waals surface area (Å²) in [6, 6.07) is 5.72. The Balaban J connectivity index is 2.89. The van der Waals surface area contributed by atoms with E-state index in [0.717, 1.165) is 0 Å². The molecule has 0 saturated heterocycles. The number of benzene rings is 1. The number of para-hydroxylation sites is 1. The summed E-state index contributed by atoms with van der Waals surface area (Å²) in [5.74, 6) is -0.973. The summed E-state index contributed by atoms with van der Waals surface area (Å²) < 4.78 is 5.30. The van der Waals surface area contributed by atoms with Crippen LogP contribution in [-0.4, -0.2) is 39.8 Å². The number of nitrogens with one attached hydrogen (secondary N) is 1. The summed E-state index contributed by atoms with van der Waals surface area (Å²) in [6.45, 7) is 5.29. The minimum Gasteiger partial charge on any atom is -0.481 e. The first kappa shape index (κ1) is 21.4. The molecule has 1 aromatic rings. The molecule has 0 radical (unpaired) electrons. The molecule has 26 heavy (non-hydrogen) atoms. The van der Waals surface area contributed by atoms with Crippen LogP contribution in [-0.2, 0) is 9.53 Å². The zero-order valence-corrected chi connectivity index (χ0v) is 15.0. The van der Waals surface area contributed by atoms with Gasteiger partial charge in [-0.1, -0.05) is 32.9 Å². The molecule has 9 heteroatoms. The van der Waals surface area contributed by atoms with E-state index in [1.54, 1.807) is 26.8 Å². The maximum atomic E-state index is 12.0. The number of alkyl carbamates (subject to hydrolysis) is 1. The Hall–Kier alpha value is -2.68. The molecule has 3 N–H and O–H groups in total. The highest BCUT2D eigenvalue weighted by atomic mass is 16.6. The van der Waals surface area contributed by atoms with Crippen LogP contribution in [0.15, 0.2) is 24.3 Å². The first-order valence-electron chi connectivity index (χ1n) is 8.11. The summed E-state index contributed by atoms with van der Waals surface area (Å²) in [6.07, 6.45) is -3.14. The number of rotatable bonds is 8. The van der Waals surface area contributed by atoms with Crippen molar-refractivity contribution in [2.45, 2.75) is 45.8 Å². The molecule has 0 aromatic heterocycles. The predicted molar refractivity (Wildman–Crippen MR) is 92.7 cm³/mol. The number of aliphatic carboxylic acids is 1. The van der Waals surface area contributed by atoms with Gasteiger partial charge in [0.25, 0.3) is 5.69 Å². The van der Waals surface area contributed by atoms with Crippen molar-refractivity contribution in [3.8, 4) is 0 Å². The largest absolute Gasteiger partial charge is 0.481 e. The van der Waals surface area contributed by atoms with E-state index in [0.29, 0.717) is 0 Å². The number of nitro benzene ring substituents is 1. The highest BCUT2D eigenvalue weighted by Crippen LogP contribution is 2.36. The van der Waals surface area contributed by atoms with Gasteiger partial charge >= 0.3 is 12.1 Å². The Bertz CT molecular complexity index is 655. The molecule has 2 unspecified atom stereocenters. The highest BCUT2D eigenvalue weighted by molar-refractivity contribution is 5.68. The van der Waals surface area contributed by atoms with Gasteiger partial charge in [-0.25, -0.2) is 4.79 Å². The number of nitro groups is 1. The molecule has 0 aliphatic carbocycles. The molecule has 0 fully saturated rings. The molecule has 0 aliphatic rings. The molecular formula is C17H24N2O7. The zero-order chi connectivity index (χ0) is 19.9. The second-order valence-corrected chi connectivity index (χ2v) is 6.88. The number of hydrogen-bond donors (Lipinski definition) is 3. The van der Waals surface area contributed by atoms with Crippen molar-refractivity contribution in [2.24, 2.45) is 5.41 Å². The van der Waals surface area contributed by atoms with Gasteiger partial charge in [0.2, 0.25) is 0 Å². The van der Waals surface area contributed by atoms with Gasteiger partial charge in [-0.2, -0.15) is 0 Å². The predicted octanol–water partition coefficient (Wildman–Crippen LogP) is 2.63. The van der Waals surface area contributed by atoms with E-state index in [9.17, 15) is 24.8 Å².